The van der Waals surface area contributed by atoms with Gasteiger partial charge in [-0.15, -0.1) is 0 Å². The van der Waals surface area contributed by atoms with Gasteiger partial charge >= 0.3 is 0 Å². The fourth-order valence-electron chi connectivity index (χ4n) is 3.22. The minimum Gasteiger partial charge on any atom is -0.382 e. The van der Waals surface area contributed by atoms with E-state index in [0.29, 0.717) is 5.82 Å². The van der Waals surface area contributed by atoms with Crippen molar-refractivity contribution in [2.75, 3.05) is 5.73 Å². The summed E-state index contributed by atoms with van der Waals surface area (Å²) in [5.41, 5.74) is 10.1. The van der Waals surface area contributed by atoms with Crippen LogP contribution in [0.5, 0.6) is 0 Å². The summed E-state index contributed by atoms with van der Waals surface area (Å²) in [6.07, 6.45) is 5.73. The van der Waals surface area contributed by atoms with Crippen LogP contribution < -0.4 is 5.73 Å². The summed E-state index contributed by atoms with van der Waals surface area (Å²) < 4.78 is 4.17. The number of fused-ring (bicyclic) bond motifs is 2. The summed E-state index contributed by atoms with van der Waals surface area (Å²) in [4.78, 5) is 9.21. The van der Waals surface area contributed by atoms with E-state index in [0.717, 1.165) is 22.6 Å². The molecule has 0 amide bonds. The Morgan fingerprint density at radius 1 is 1.12 bits per heavy atom. The van der Waals surface area contributed by atoms with Gasteiger partial charge in [0.15, 0.2) is 0 Å². The first kappa shape index (κ1) is 14.8. The second kappa shape index (κ2) is 4.84. The maximum atomic E-state index is 6.19. The Hall–Kier alpha value is -2.82. The lowest BCUT2D eigenvalue weighted by atomic mass is 9.96. The van der Waals surface area contributed by atoms with Gasteiger partial charge in [-0.2, -0.15) is 0 Å². The number of nitrogens with two attached hydrogens (primary N) is 1. The summed E-state index contributed by atoms with van der Waals surface area (Å²) in [7, 11) is 2.05. The van der Waals surface area contributed by atoms with Crippen LogP contribution in [-0.4, -0.2) is 18.9 Å². The first-order valence-electron chi connectivity index (χ1n) is 8.05. The van der Waals surface area contributed by atoms with Crippen LogP contribution in [0.3, 0.4) is 0 Å². The number of rotatable bonds is 1. The van der Waals surface area contributed by atoms with E-state index in [1.807, 2.05) is 13.2 Å². The second-order valence-electron chi connectivity index (χ2n) is 7.27. The molecule has 3 heterocycles. The summed E-state index contributed by atoms with van der Waals surface area (Å²) in [6.45, 7) is 6.47. The van der Waals surface area contributed by atoms with Gasteiger partial charge < -0.3 is 10.3 Å². The molecule has 0 fully saturated rings. The number of hydrogen-bond acceptors (Lipinski definition) is 3. The molecular formula is C19H23N5. The molecule has 0 atom stereocenters. The first-order valence-corrected chi connectivity index (χ1v) is 8.05. The van der Waals surface area contributed by atoms with Crippen molar-refractivity contribution in [2.45, 2.75) is 26.2 Å². The Morgan fingerprint density at radius 2 is 1.92 bits per heavy atom. The molecule has 24 heavy (non-hydrogen) atoms. The van der Waals surface area contributed by atoms with Gasteiger partial charge in [0.25, 0.3) is 0 Å². The van der Waals surface area contributed by atoms with Gasteiger partial charge in [0.05, 0.1) is 0 Å². The fourth-order valence-corrected chi connectivity index (χ4v) is 3.22. The molecule has 0 unspecified atom stereocenters. The van der Waals surface area contributed by atoms with E-state index in [-0.39, 0.29) is 6.84 Å². The Kier molecular flexibility index (Phi) is 2.97. The maximum absolute atomic E-state index is 6.19. The smallest absolute Gasteiger partial charge is 0.150 e. The summed E-state index contributed by atoms with van der Waals surface area (Å²) >= 11 is 0. The highest BCUT2D eigenvalue weighted by molar-refractivity contribution is 5.91. The lowest BCUT2D eigenvalue weighted by Crippen LogP contribution is -2.16. The SMILES string of the molecule is Cn1ccc2cc(-c3nc(C(C)(C)C)n4ccnc(N)c34)ccc21.[HH]. The topological polar surface area (TPSA) is 61.1 Å². The predicted octanol–water partition coefficient (Wildman–Crippen LogP) is 4.01. The van der Waals surface area contributed by atoms with E-state index >= 15 is 0 Å². The minimum absolute atomic E-state index is 0. The van der Waals surface area contributed by atoms with Gasteiger partial charge in [-0.05, 0) is 18.2 Å². The van der Waals surface area contributed by atoms with Crippen molar-refractivity contribution in [3.63, 3.8) is 0 Å². The molecule has 0 radical (unpaired) electrons. The molecule has 0 spiro atoms. The third kappa shape index (κ3) is 2.08. The van der Waals surface area contributed by atoms with Gasteiger partial charge in [-0.25, -0.2) is 9.97 Å². The van der Waals surface area contributed by atoms with E-state index in [1.165, 1.54) is 10.9 Å². The number of imidazole rings is 1. The number of nitrogens with zero attached hydrogens (tertiary/aromatic N) is 4. The average molecular weight is 321 g/mol. The zero-order valence-electron chi connectivity index (χ0n) is 14.4. The molecule has 3 aromatic heterocycles. The van der Waals surface area contributed by atoms with Crippen molar-refractivity contribution in [1.29, 1.82) is 0 Å². The van der Waals surface area contributed by atoms with Crippen molar-refractivity contribution in [2.24, 2.45) is 7.05 Å². The Bertz CT molecular complexity index is 1070. The number of nitrogen functional groups attached to an aromatic ring is 1. The number of hydrogen-bond donors (Lipinski definition) is 1. The molecule has 1 aromatic carbocycles. The van der Waals surface area contributed by atoms with Crippen LogP contribution in [0.15, 0.2) is 42.9 Å². The molecule has 0 saturated carbocycles. The first-order chi connectivity index (χ1) is 11.4. The number of aromatic nitrogens is 4. The molecule has 2 N–H and O–H groups in total. The summed E-state index contributed by atoms with van der Waals surface area (Å²) in [6, 6.07) is 8.50. The fraction of sp³-hybridized carbons (Fsp3) is 0.263. The minimum atomic E-state index is -0.0915. The quantitative estimate of drug-likeness (QED) is 0.576. The lowest BCUT2D eigenvalue weighted by molar-refractivity contribution is 0.543. The number of aryl methyl sites for hydroxylation is 1. The molecule has 4 rings (SSSR count). The molecule has 4 aromatic rings. The van der Waals surface area contributed by atoms with Crippen molar-refractivity contribution in [1.82, 2.24) is 18.9 Å². The van der Waals surface area contributed by atoms with Gasteiger partial charge in [0.2, 0.25) is 0 Å². The zero-order chi connectivity index (χ0) is 17.1. The molecule has 5 heteroatoms. The average Bonchev–Trinajstić information content (AvgIpc) is 3.09. The largest absolute Gasteiger partial charge is 0.382 e. The number of benzene rings is 1. The van der Waals surface area contributed by atoms with Gasteiger partial charge in [0.1, 0.15) is 22.9 Å². The molecule has 5 nitrogen and oxygen atoms in total. The molecular weight excluding hydrogens is 298 g/mol. The Labute approximate surface area is 142 Å². The maximum Gasteiger partial charge on any atom is 0.150 e. The normalized spacial score (nSPS) is 12.3. The van der Waals surface area contributed by atoms with Crippen LogP contribution >= 0.6 is 0 Å². The van der Waals surface area contributed by atoms with Crippen LogP contribution in [0, 0.1) is 0 Å². The summed E-state index contributed by atoms with van der Waals surface area (Å²) in [5, 5.41) is 1.19. The van der Waals surface area contributed by atoms with Crippen LogP contribution in [0.2, 0.25) is 0 Å². The van der Waals surface area contributed by atoms with E-state index in [1.54, 1.807) is 6.20 Å². The predicted molar refractivity (Wildman–Crippen MR) is 100 cm³/mol. The third-order valence-corrected chi connectivity index (χ3v) is 4.41. The van der Waals surface area contributed by atoms with Gasteiger partial charge in [-0.3, -0.25) is 4.40 Å². The molecule has 0 aliphatic rings. The van der Waals surface area contributed by atoms with E-state index in [4.69, 9.17) is 10.7 Å². The van der Waals surface area contributed by atoms with Crippen molar-refractivity contribution >= 4 is 22.2 Å². The van der Waals surface area contributed by atoms with E-state index in [9.17, 15) is 0 Å². The van der Waals surface area contributed by atoms with Crippen LogP contribution in [0.25, 0.3) is 27.7 Å². The molecule has 124 valence electrons. The van der Waals surface area contributed by atoms with Gasteiger partial charge in [0, 0.05) is 48.9 Å². The van der Waals surface area contributed by atoms with E-state index < -0.39 is 0 Å². The molecule has 0 aliphatic heterocycles. The molecule has 0 saturated heterocycles. The highest BCUT2D eigenvalue weighted by Crippen LogP contribution is 2.33. The zero-order valence-corrected chi connectivity index (χ0v) is 14.4. The number of anilines is 1. The third-order valence-electron chi connectivity index (χ3n) is 4.41. The van der Waals surface area contributed by atoms with Crippen molar-refractivity contribution in [3.8, 4) is 11.3 Å². The molecule has 0 aliphatic carbocycles. The highest BCUT2D eigenvalue weighted by atomic mass is 15.1. The van der Waals surface area contributed by atoms with Crippen LogP contribution in [0.4, 0.5) is 5.82 Å². The Morgan fingerprint density at radius 3 is 2.67 bits per heavy atom. The monoisotopic (exact) mass is 321 g/mol. The standard InChI is InChI=1S/C19H21N5.H2/c1-19(2,3)18-22-15(16-17(20)21-8-10-24(16)18)13-5-6-14-12(11-13)7-9-23(14)4;/h5-11H,1-4H3,(H2,20,21);1H. The van der Waals surface area contributed by atoms with Crippen LogP contribution in [0.1, 0.15) is 28.0 Å². The van der Waals surface area contributed by atoms with Crippen LogP contribution in [-0.2, 0) is 12.5 Å². The Balaban J connectivity index is 0.00000182. The van der Waals surface area contributed by atoms with Crippen molar-refractivity contribution in [3.05, 3.63) is 48.7 Å². The second-order valence-corrected chi connectivity index (χ2v) is 7.27. The van der Waals surface area contributed by atoms with Gasteiger partial charge in [-0.1, -0.05) is 26.8 Å². The lowest BCUT2D eigenvalue weighted by Gasteiger charge is -2.16. The molecule has 0 bridgehead atoms. The summed E-state index contributed by atoms with van der Waals surface area (Å²) in [5.74, 6) is 1.48. The highest BCUT2D eigenvalue weighted by Gasteiger charge is 2.24. The van der Waals surface area contributed by atoms with E-state index in [2.05, 4.69) is 65.2 Å². The van der Waals surface area contributed by atoms with Crippen molar-refractivity contribution < 1.29 is 1.43 Å².